The molecule has 1 heterocycles. The first-order chi connectivity index (χ1) is 10.4. The van der Waals surface area contributed by atoms with E-state index in [0.29, 0.717) is 32.2 Å². The molecule has 8 nitrogen and oxygen atoms in total. The summed E-state index contributed by atoms with van der Waals surface area (Å²) in [5, 5.41) is 11.3. The Morgan fingerprint density at radius 2 is 1.82 bits per heavy atom. The molecule has 1 aliphatic rings. The topological polar surface area (TPSA) is 130 Å². The summed E-state index contributed by atoms with van der Waals surface area (Å²) >= 11 is 0. The number of nitrogens with two attached hydrogens (primary N) is 1. The van der Waals surface area contributed by atoms with Crippen LogP contribution in [0.25, 0.3) is 0 Å². The van der Waals surface area contributed by atoms with Crippen molar-refractivity contribution < 1.29 is 24.3 Å². The highest BCUT2D eigenvalue weighted by Crippen LogP contribution is 2.05. The molecule has 0 saturated carbocycles. The van der Waals surface area contributed by atoms with Crippen molar-refractivity contribution >= 4 is 23.7 Å². The van der Waals surface area contributed by atoms with Gasteiger partial charge in [0, 0.05) is 31.7 Å². The van der Waals surface area contributed by atoms with E-state index < -0.39 is 12.0 Å². The van der Waals surface area contributed by atoms with E-state index in [0.717, 1.165) is 4.90 Å². The second kappa shape index (κ2) is 8.93. The van der Waals surface area contributed by atoms with Gasteiger partial charge in [0.05, 0.1) is 0 Å². The van der Waals surface area contributed by atoms with Crippen molar-refractivity contribution in [3.63, 3.8) is 0 Å². The fraction of sp³-hybridized carbons (Fsp3) is 0.571. The number of carboxylic acids is 1. The van der Waals surface area contributed by atoms with Crippen molar-refractivity contribution in [2.45, 2.75) is 38.1 Å². The van der Waals surface area contributed by atoms with Crippen molar-refractivity contribution in [2.75, 3.05) is 13.1 Å². The minimum Gasteiger partial charge on any atom is -0.480 e. The summed E-state index contributed by atoms with van der Waals surface area (Å²) in [7, 11) is 0. The third kappa shape index (κ3) is 6.04. The Balaban J connectivity index is 2.03. The fourth-order valence-corrected chi connectivity index (χ4v) is 1.98. The Bertz CT molecular complexity index is 457. The summed E-state index contributed by atoms with van der Waals surface area (Å²) in [5.41, 5.74) is 5.35. The molecule has 8 heteroatoms. The monoisotopic (exact) mass is 311 g/mol. The molecule has 122 valence electrons. The van der Waals surface area contributed by atoms with Crippen LogP contribution in [0.3, 0.4) is 0 Å². The van der Waals surface area contributed by atoms with Crippen LogP contribution in [0.4, 0.5) is 0 Å². The molecule has 1 rings (SSSR count). The predicted octanol–water partition coefficient (Wildman–Crippen LogP) is -0.610. The van der Waals surface area contributed by atoms with Crippen molar-refractivity contribution in [3.8, 4) is 0 Å². The van der Waals surface area contributed by atoms with Gasteiger partial charge in [0.15, 0.2) is 0 Å². The number of amides is 3. The minimum atomic E-state index is -1.02. The van der Waals surface area contributed by atoms with Crippen LogP contribution in [-0.4, -0.2) is 52.8 Å². The number of unbranched alkanes of at least 4 members (excludes halogenated alkanes) is 1. The van der Waals surface area contributed by atoms with E-state index in [9.17, 15) is 19.2 Å². The number of carbonyl (C=O) groups is 4. The van der Waals surface area contributed by atoms with Gasteiger partial charge in [0.2, 0.25) is 5.91 Å². The molecule has 3 amide bonds. The molecule has 0 spiro atoms. The fourth-order valence-electron chi connectivity index (χ4n) is 1.98. The SMILES string of the molecule is N[C@@H](CCCCNC(=O)CCCN1C(=O)C=CC1=O)C(=O)O. The molecule has 0 aromatic rings. The van der Waals surface area contributed by atoms with Gasteiger partial charge in [-0.05, 0) is 25.7 Å². The van der Waals surface area contributed by atoms with Gasteiger partial charge < -0.3 is 16.2 Å². The van der Waals surface area contributed by atoms with Gasteiger partial charge in [-0.3, -0.25) is 24.1 Å². The molecule has 0 unspecified atom stereocenters. The molecule has 22 heavy (non-hydrogen) atoms. The number of hydrogen-bond donors (Lipinski definition) is 3. The van der Waals surface area contributed by atoms with Crippen LogP contribution in [-0.2, 0) is 19.2 Å². The number of carboxylic acid groups (broad SMARTS) is 1. The van der Waals surface area contributed by atoms with Gasteiger partial charge in [-0.25, -0.2) is 0 Å². The summed E-state index contributed by atoms with van der Waals surface area (Å²) in [6, 6.07) is -0.861. The molecule has 4 N–H and O–H groups in total. The Morgan fingerprint density at radius 1 is 1.18 bits per heavy atom. The lowest BCUT2D eigenvalue weighted by atomic mass is 10.1. The normalized spacial score (nSPS) is 15.2. The van der Waals surface area contributed by atoms with Gasteiger partial charge in [-0.15, -0.1) is 0 Å². The lowest BCUT2D eigenvalue weighted by molar-refractivity contribution is -0.139. The number of hydrogen-bond acceptors (Lipinski definition) is 5. The molecule has 0 bridgehead atoms. The molecular weight excluding hydrogens is 290 g/mol. The maximum atomic E-state index is 11.6. The van der Waals surface area contributed by atoms with Gasteiger partial charge in [0.25, 0.3) is 11.8 Å². The number of carbonyl (C=O) groups excluding carboxylic acids is 3. The van der Waals surface area contributed by atoms with E-state index >= 15 is 0 Å². The first-order valence-electron chi connectivity index (χ1n) is 7.20. The van der Waals surface area contributed by atoms with Gasteiger partial charge >= 0.3 is 5.97 Å². The minimum absolute atomic E-state index is 0.158. The van der Waals surface area contributed by atoms with Crippen LogP contribution >= 0.6 is 0 Å². The van der Waals surface area contributed by atoms with Crippen molar-refractivity contribution in [1.82, 2.24) is 10.2 Å². The highest BCUT2D eigenvalue weighted by molar-refractivity contribution is 6.12. The summed E-state index contributed by atoms with van der Waals surface area (Å²) in [6.45, 7) is 0.680. The molecule has 0 aromatic heterocycles. The molecule has 0 saturated heterocycles. The summed E-state index contributed by atoms with van der Waals surface area (Å²) in [5.74, 6) is -1.88. The number of nitrogens with one attached hydrogen (secondary N) is 1. The van der Waals surface area contributed by atoms with Gasteiger partial charge in [0.1, 0.15) is 6.04 Å². The van der Waals surface area contributed by atoms with Crippen LogP contribution in [0, 0.1) is 0 Å². The number of nitrogens with zero attached hydrogens (tertiary/aromatic N) is 1. The van der Waals surface area contributed by atoms with E-state index in [4.69, 9.17) is 10.8 Å². The molecule has 1 aliphatic heterocycles. The summed E-state index contributed by atoms with van der Waals surface area (Å²) in [6.07, 6.45) is 4.71. The molecule has 0 fully saturated rings. The van der Waals surface area contributed by atoms with Crippen molar-refractivity contribution in [1.29, 1.82) is 0 Å². The third-order valence-electron chi connectivity index (χ3n) is 3.27. The second-order valence-electron chi connectivity index (χ2n) is 5.06. The van der Waals surface area contributed by atoms with Crippen LogP contribution in [0.5, 0.6) is 0 Å². The maximum Gasteiger partial charge on any atom is 0.320 e. The zero-order valence-corrected chi connectivity index (χ0v) is 12.3. The average molecular weight is 311 g/mol. The highest BCUT2D eigenvalue weighted by atomic mass is 16.4. The van der Waals surface area contributed by atoms with Crippen molar-refractivity contribution in [3.05, 3.63) is 12.2 Å². The number of rotatable bonds is 10. The quantitative estimate of drug-likeness (QED) is 0.364. The Morgan fingerprint density at radius 3 is 2.41 bits per heavy atom. The zero-order chi connectivity index (χ0) is 16.5. The Kier molecular flexibility index (Phi) is 7.24. The van der Waals surface area contributed by atoms with Gasteiger partial charge in [-0.2, -0.15) is 0 Å². The largest absolute Gasteiger partial charge is 0.480 e. The molecule has 1 atom stereocenters. The highest BCUT2D eigenvalue weighted by Gasteiger charge is 2.22. The Labute approximate surface area is 128 Å². The second-order valence-corrected chi connectivity index (χ2v) is 5.06. The standard InChI is InChI=1S/C14H21N3O5/c15-10(14(21)22)4-1-2-8-16-11(18)5-3-9-17-12(19)6-7-13(17)20/h6-7,10H,1-5,8-9,15H2,(H,16,18)(H,21,22)/t10-/m0/s1. The molecule has 0 aliphatic carbocycles. The first-order valence-corrected chi connectivity index (χ1v) is 7.20. The van der Waals surface area contributed by atoms with Crippen molar-refractivity contribution in [2.24, 2.45) is 5.73 Å². The molecule has 0 aromatic carbocycles. The number of imide groups is 1. The summed E-state index contributed by atoms with van der Waals surface area (Å²) < 4.78 is 0. The van der Waals surface area contributed by atoms with Crippen LogP contribution in [0.2, 0.25) is 0 Å². The van der Waals surface area contributed by atoms with Gasteiger partial charge in [-0.1, -0.05) is 0 Å². The maximum absolute atomic E-state index is 11.6. The van der Waals surface area contributed by atoms with Crippen LogP contribution in [0.1, 0.15) is 32.1 Å². The lowest BCUT2D eigenvalue weighted by Gasteiger charge is -2.13. The van der Waals surface area contributed by atoms with E-state index in [2.05, 4.69) is 5.32 Å². The van der Waals surface area contributed by atoms with Crippen LogP contribution < -0.4 is 11.1 Å². The molecule has 0 radical (unpaired) electrons. The third-order valence-corrected chi connectivity index (χ3v) is 3.27. The summed E-state index contributed by atoms with van der Waals surface area (Å²) in [4.78, 5) is 45.7. The smallest absolute Gasteiger partial charge is 0.320 e. The van der Waals surface area contributed by atoms with E-state index in [1.54, 1.807) is 0 Å². The van der Waals surface area contributed by atoms with Crippen LogP contribution in [0.15, 0.2) is 12.2 Å². The lowest BCUT2D eigenvalue weighted by Crippen LogP contribution is -2.32. The predicted molar refractivity (Wildman–Crippen MR) is 77.6 cm³/mol. The Hall–Kier alpha value is -2.22. The zero-order valence-electron chi connectivity index (χ0n) is 12.3. The number of aliphatic carboxylic acids is 1. The van der Waals surface area contributed by atoms with E-state index in [1.165, 1.54) is 12.2 Å². The average Bonchev–Trinajstić information content (AvgIpc) is 2.78. The first kappa shape index (κ1) is 17.8. The van der Waals surface area contributed by atoms with E-state index in [1.807, 2.05) is 0 Å². The molecular formula is C14H21N3O5. The van der Waals surface area contributed by atoms with E-state index in [-0.39, 0.29) is 30.7 Å².